The first kappa shape index (κ1) is 11.0. The molecule has 0 radical (unpaired) electrons. The maximum atomic E-state index is 9.33. The number of hydrogen-bond acceptors (Lipinski definition) is 6. The summed E-state index contributed by atoms with van der Waals surface area (Å²) in [6.45, 7) is 0. The van der Waals surface area contributed by atoms with E-state index in [0.717, 1.165) is 0 Å². The van der Waals surface area contributed by atoms with Gasteiger partial charge in [0, 0.05) is 12.5 Å². The van der Waals surface area contributed by atoms with E-state index in [1.807, 2.05) is 0 Å². The molecule has 0 aromatic rings. The van der Waals surface area contributed by atoms with Crippen molar-refractivity contribution < 1.29 is 24.8 Å². The van der Waals surface area contributed by atoms with E-state index in [-0.39, 0.29) is 0 Å². The molecule has 6 heteroatoms. The lowest BCUT2D eigenvalue weighted by Gasteiger charge is -2.38. The maximum absolute atomic E-state index is 9.33. The molecule has 1 fully saturated rings. The molecule has 5 nitrogen and oxygen atoms in total. The fraction of sp³-hybridized carbons (Fsp3) is 0.857. The van der Waals surface area contributed by atoms with Crippen molar-refractivity contribution in [2.24, 2.45) is 0 Å². The van der Waals surface area contributed by atoms with Gasteiger partial charge in [0.25, 0.3) is 0 Å². The largest absolute Gasteiger partial charge is 0.387 e. The molecular weight excluding hydrogens is 196 g/mol. The Morgan fingerprint density at radius 1 is 1.23 bits per heavy atom. The van der Waals surface area contributed by atoms with E-state index in [4.69, 9.17) is 9.47 Å². The molecule has 1 heterocycles. The van der Waals surface area contributed by atoms with Gasteiger partial charge < -0.3 is 24.8 Å². The second kappa shape index (κ2) is 4.41. The smallest absolute Gasteiger partial charge is 0.186 e. The number of methoxy groups -OCH3 is 1. The van der Waals surface area contributed by atoms with Crippen LogP contribution in [0.5, 0.6) is 0 Å². The van der Waals surface area contributed by atoms with Crippen LogP contribution in [0.2, 0.25) is 0 Å². The van der Waals surface area contributed by atoms with Gasteiger partial charge in [-0.05, 0) is 0 Å². The van der Waals surface area contributed by atoms with E-state index < -0.39 is 30.7 Å². The zero-order valence-corrected chi connectivity index (χ0v) is 7.85. The van der Waals surface area contributed by atoms with Gasteiger partial charge in [-0.15, -0.1) is 0 Å². The molecule has 0 aliphatic carbocycles. The van der Waals surface area contributed by atoms with E-state index in [2.05, 4.69) is 12.2 Å². The lowest BCUT2D eigenvalue weighted by molar-refractivity contribution is -0.274. The van der Waals surface area contributed by atoms with Gasteiger partial charge in [-0.3, -0.25) is 0 Å². The summed E-state index contributed by atoms with van der Waals surface area (Å²) in [6.07, 6.45) is -5.52. The van der Waals surface area contributed by atoms with Crippen molar-refractivity contribution >= 4 is 17.6 Å². The zero-order valence-electron chi connectivity index (χ0n) is 7.03. The van der Waals surface area contributed by atoms with Gasteiger partial charge in [-0.2, -0.15) is 0 Å². The molecule has 0 unspecified atom stereocenters. The summed E-state index contributed by atoms with van der Waals surface area (Å²) in [7, 11) is 1.33. The van der Waals surface area contributed by atoms with Gasteiger partial charge in [0.15, 0.2) is 6.29 Å². The number of rotatable bonds is 2. The molecule has 76 valence electrons. The van der Waals surface area contributed by atoms with E-state index in [1.165, 1.54) is 12.5 Å². The average Bonchev–Trinajstić information content (AvgIpc) is 2.15. The van der Waals surface area contributed by atoms with Gasteiger partial charge in [-0.25, -0.2) is 0 Å². The number of thiocarbonyl (C=S) groups is 1. The van der Waals surface area contributed by atoms with Crippen LogP contribution in [0.3, 0.4) is 0 Å². The highest BCUT2D eigenvalue weighted by molar-refractivity contribution is 7.79. The van der Waals surface area contributed by atoms with Crippen molar-refractivity contribution in [3.63, 3.8) is 0 Å². The Morgan fingerprint density at radius 3 is 2.31 bits per heavy atom. The normalized spacial score (nSPS) is 46.0. The molecule has 0 bridgehead atoms. The summed E-state index contributed by atoms with van der Waals surface area (Å²) in [6, 6.07) is 0. The quantitative estimate of drug-likeness (QED) is 0.476. The predicted octanol–water partition coefficient (Wildman–Crippen LogP) is -1.56. The van der Waals surface area contributed by atoms with E-state index in [0.29, 0.717) is 0 Å². The van der Waals surface area contributed by atoms with Gasteiger partial charge >= 0.3 is 0 Å². The standard InChI is InChI=1S/C7H12O5S/c1-11-7-6(10)5(9)4(8)3(2-13)12-7/h2-10H,1H3/t3-,4-,5+,6-,7-/m0/s1. The van der Waals surface area contributed by atoms with E-state index in [9.17, 15) is 15.3 Å². The number of aliphatic hydroxyl groups excluding tert-OH is 3. The van der Waals surface area contributed by atoms with Crippen LogP contribution in [0.15, 0.2) is 0 Å². The summed E-state index contributed by atoms with van der Waals surface area (Å²) >= 11 is 4.58. The Bertz CT molecular complexity index is 186. The first-order valence-electron chi connectivity index (χ1n) is 3.79. The molecule has 1 rings (SSSR count). The van der Waals surface area contributed by atoms with Gasteiger partial charge in [0.1, 0.15) is 24.4 Å². The van der Waals surface area contributed by atoms with Crippen molar-refractivity contribution in [2.45, 2.75) is 30.7 Å². The molecule has 1 aliphatic rings. The lowest BCUT2D eigenvalue weighted by atomic mass is 10.0. The minimum absolute atomic E-state index is 0.793. The Hall–Kier alpha value is -0.110. The highest BCUT2D eigenvalue weighted by Crippen LogP contribution is 2.20. The summed E-state index contributed by atoms with van der Waals surface area (Å²) in [5.74, 6) is 0. The SMILES string of the molecule is CO[C@H]1O[C@@H](C=S)[C@H](O)[C@@H](O)[C@@H]1O. The Kier molecular flexibility index (Phi) is 3.72. The molecule has 13 heavy (non-hydrogen) atoms. The number of hydrogen-bond donors (Lipinski definition) is 3. The third kappa shape index (κ3) is 2.04. The van der Waals surface area contributed by atoms with E-state index in [1.54, 1.807) is 0 Å². The van der Waals surface area contributed by atoms with Crippen LogP contribution in [0.4, 0.5) is 0 Å². The Labute approximate surface area is 80.9 Å². The van der Waals surface area contributed by atoms with Crippen LogP contribution < -0.4 is 0 Å². The summed E-state index contributed by atoms with van der Waals surface area (Å²) in [5.41, 5.74) is 0. The van der Waals surface area contributed by atoms with Crippen molar-refractivity contribution in [1.82, 2.24) is 0 Å². The third-order valence-electron chi connectivity index (χ3n) is 1.97. The minimum atomic E-state index is -1.30. The first-order valence-corrected chi connectivity index (χ1v) is 4.26. The molecule has 1 aliphatic heterocycles. The first-order chi connectivity index (χ1) is 6.11. The molecule has 1 saturated heterocycles. The fourth-order valence-electron chi connectivity index (χ4n) is 1.18. The third-order valence-corrected chi connectivity index (χ3v) is 2.24. The molecule has 0 aromatic carbocycles. The van der Waals surface area contributed by atoms with Gasteiger partial charge in [0.2, 0.25) is 0 Å². The lowest BCUT2D eigenvalue weighted by Crippen LogP contribution is -2.58. The van der Waals surface area contributed by atoms with Crippen LogP contribution in [0.1, 0.15) is 0 Å². The molecule has 0 spiro atoms. The predicted molar refractivity (Wildman–Crippen MR) is 47.3 cm³/mol. The zero-order chi connectivity index (χ0) is 10.0. The van der Waals surface area contributed by atoms with Crippen molar-refractivity contribution in [1.29, 1.82) is 0 Å². The van der Waals surface area contributed by atoms with Crippen molar-refractivity contribution in [3.8, 4) is 0 Å². The Morgan fingerprint density at radius 2 is 1.85 bits per heavy atom. The minimum Gasteiger partial charge on any atom is -0.387 e. The van der Waals surface area contributed by atoms with Crippen LogP contribution in [0.25, 0.3) is 0 Å². The second-order valence-electron chi connectivity index (χ2n) is 2.81. The summed E-state index contributed by atoms with van der Waals surface area (Å²) in [4.78, 5) is 0. The second-order valence-corrected chi connectivity index (χ2v) is 3.08. The molecule has 0 amide bonds. The monoisotopic (exact) mass is 208 g/mol. The average molecular weight is 208 g/mol. The van der Waals surface area contributed by atoms with Crippen LogP contribution in [-0.4, -0.2) is 58.5 Å². The van der Waals surface area contributed by atoms with Crippen LogP contribution in [-0.2, 0) is 9.47 Å². The van der Waals surface area contributed by atoms with Gasteiger partial charge in [0.05, 0.1) is 0 Å². The van der Waals surface area contributed by atoms with Crippen LogP contribution in [0, 0.1) is 0 Å². The topological polar surface area (TPSA) is 79.2 Å². The molecule has 3 N–H and O–H groups in total. The van der Waals surface area contributed by atoms with E-state index >= 15 is 0 Å². The highest BCUT2D eigenvalue weighted by atomic mass is 32.1. The molecule has 0 saturated carbocycles. The highest BCUT2D eigenvalue weighted by Gasteiger charge is 2.42. The number of aliphatic hydroxyl groups is 3. The number of ether oxygens (including phenoxy) is 2. The fourth-order valence-corrected chi connectivity index (χ4v) is 1.41. The van der Waals surface area contributed by atoms with Gasteiger partial charge in [-0.1, -0.05) is 12.2 Å². The van der Waals surface area contributed by atoms with Crippen molar-refractivity contribution in [3.05, 3.63) is 0 Å². The summed E-state index contributed by atoms with van der Waals surface area (Å²) < 4.78 is 9.78. The van der Waals surface area contributed by atoms with Crippen LogP contribution >= 0.6 is 12.2 Å². The Balaban J connectivity index is 2.71. The molecular formula is C7H12O5S. The maximum Gasteiger partial charge on any atom is 0.186 e. The molecule has 5 atom stereocenters. The van der Waals surface area contributed by atoms with Crippen molar-refractivity contribution in [2.75, 3.05) is 7.11 Å². The summed E-state index contributed by atoms with van der Waals surface area (Å²) in [5, 5.41) is 29.2. The molecule has 0 aromatic heterocycles.